The van der Waals surface area contributed by atoms with Crippen molar-refractivity contribution in [3.63, 3.8) is 0 Å². The van der Waals surface area contributed by atoms with Crippen molar-refractivity contribution in [2.24, 2.45) is 5.84 Å². The van der Waals surface area contributed by atoms with Gasteiger partial charge in [0.25, 0.3) is 0 Å². The number of thiophene rings is 1. The minimum absolute atomic E-state index is 0.0350. The van der Waals surface area contributed by atoms with Gasteiger partial charge in [-0.2, -0.15) is 0 Å². The van der Waals surface area contributed by atoms with Gasteiger partial charge >= 0.3 is 0 Å². The molecule has 3 N–H and O–H groups in total. The topological polar surface area (TPSA) is 47.3 Å². The van der Waals surface area contributed by atoms with E-state index in [-0.39, 0.29) is 6.04 Å². The normalized spacial score (nSPS) is 12.5. The number of benzene rings is 1. The Balaban J connectivity index is 2.49. The monoisotopic (exact) mass is 418 g/mol. The Morgan fingerprint density at radius 1 is 1.20 bits per heavy atom. The third kappa shape index (κ3) is 3.09. The Hall–Kier alpha value is -0.400. The van der Waals surface area contributed by atoms with Crippen LogP contribution in [-0.2, 0) is 0 Å². The molecule has 6 heteroatoms. The fraction of sp³-hybridized carbons (Fsp3) is 0.286. The Labute approximate surface area is 139 Å². The molecule has 108 valence electrons. The molecule has 3 nitrogen and oxygen atoms in total. The molecule has 0 fully saturated rings. The zero-order chi connectivity index (χ0) is 14.9. The van der Waals surface area contributed by atoms with Crippen LogP contribution < -0.4 is 16.0 Å². The predicted octanol–water partition coefficient (Wildman–Crippen LogP) is 4.45. The number of aryl methyl sites for hydroxylation is 2. The summed E-state index contributed by atoms with van der Waals surface area (Å²) >= 11 is 8.70. The molecule has 1 unspecified atom stereocenters. The van der Waals surface area contributed by atoms with Crippen molar-refractivity contribution in [1.29, 1.82) is 0 Å². The third-order valence-corrected chi connectivity index (χ3v) is 6.53. The van der Waals surface area contributed by atoms with E-state index in [1.807, 2.05) is 13.0 Å². The summed E-state index contributed by atoms with van der Waals surface area (Å²) in [4.78, 5) is 1.15. The minimum atomic E-state index is -0.0350. The van der Waals surface area contributed by atoms with Crippen LogP contribution in [0.4, 0.5) is 0 Å². The fourth-order valence-corrected chi connectivity index (χ4v) is 4.34. The van der Waals surface area contributed by atoms with Gasteiger partial charge in [0.2, 0.25) is 0 Å². The molecule has 0 saturated heterocycles. The number of methoxy groups -OCH3 is 1. The van der Waals surface area contributed by atoms with E-state index < -0.39 is 0 Å². The number of nitrogens with one attached hydrogen (secondary N) is 1. The van der Waals surface area contributed by atoms with Gasteiger partial charge < -0.3 is 4.74 Å². The van der Waals surface area contributed by atoms with Crippen LogP contribution in [0.5, 0.6) is 5.75 Å². The summed E-state index contributed by atoms with van der Waals surface area (Å²) < 4.78 is 7.47. The highest BCUT2D eigenvalue weighted by Crippen LogP contribution is 2.39. The highest BCUT2D eigenvalue weighted by molar-refractivity contribution is 9.13. The Kier molecular flexibility index (Phi) is 5.25. The standard InChI is InChI=1S/C14H16Br2N2OS/c1-7-5-11(19-3)8(2)4-9(7)13(18-17)12-6-10(15)14(16)20-12/h4-6,13,18H,17H2,1-3H3. The van der Waals surface area contributed by atoms with Gasteiger partial charge in [0.15, 0.2) is 0 Å². The summed E-state index contributed by atoms with van der Waals surface area (Å²) in [6.07, 6.45) is 0. The lowest BCUT2D eigenvalue weighted by molar-refractivity contribution is 0.411. The number of hydrogen-bond donors (Lipinski definition) is 2. The van der Waals surface area contributed by atoms with E-state index in [0.717, 1.165) is 35.6 Å². The number of rotatable bonds is 4. The second-order valence-corrected chi connectivity index (χ2v) is 7.80. The van der Waals surface area contributed by atoms with E-state index in [2.05, 4.69) is 56.3 Å². The van der Waals surface area contributed by atoms with Crippen LogP contribution in [0.15, 0.2) is 26.5 Å². The first-order chi connectivity index (χ1) is 9.47. The lowest BCUT2D eigenvalue weighted by Gasteiger charge is -2.19. The molecule has 0 bridgehead atoms. The van der Waals surface area contributed by atoms with Crippen LogP contribution in [0.3, 0.4) is 0 Å². The maximum atomic E-state index is 5.78. The van der Waals surface area contributed by atoms with Crippen LogP contribution in [-0.4, -0.2) is 7.11 Å². The zero-order valence-electron chi connectivity index (χ0n) is 11.5. The van der Waals surface area contributed by atoms with Crippen LogP contribution in [0.2, 0.25) is 0 Å². The van der Waals surface area contributed by atoms with Crippen molar-refractivity contribution in [3.8, 4) is 5.75 Å². The molecule has 0 aliphatic rings. The van der Waals surface area contributed by atoms with E-state index in [9.17, 15) is 0 Å². The first-order valence-electron chi connectivity index (χ1n) is 6.04. The average Bonchev–Trinajstić information content (AvgIpc) is 2.74. The van der Waals surface area contributed by atoms with Gasteiger partial charge in [0.1, 0.15) is 5.75 Å². The molecule has 20 heavy (non-hydrogen) atoms. The van der Waals surface area contributed by atoms with Crippen molar-refractivity contribution in [2.75, 3.05) is 7.11 Å². The summed E-state index contributed by atoms with van der Waals surface area (Å²) in [7, 11) is 1.69. The van der Waals surface area contributed by atoms with Crippen molar-refractivity contribution < 1.29 is 4.74 Å². The molecule has 0 aliphatic carbocycles. The van der Waals surface area contributed by atoms with E-state index in [1.54, 1.807) is 18.4 Å². The molecule has 0 amide bonds. The molecule has 0 radical (unpaired) electrons. The lowest BCUT2D eigenvalue weighted by Crippen LogP contribution is -2.28. The van der Waals surface area contributed by atoms with Crippen molar-refractivity contribution in [3.05, 3.63) is 48.0 Å². The second kappa shape index (κ2) is 6.58. The van der Waals surface area contributed by atoms with Gasteiger partial charge in [-0.1, -0.05) is 6.07 Å². The summed E-state index contributed by atoms with van der Waals surface area (Å²) in [5.41, 5.74) is 6.32. The smallest absolute Gasteiger partial charge is 0.122 e. The number of hydrogen-bond acceptors (Lipinski definition) is 4. The van der Waals surface area contributed by atoms with Crippen LogP contribution in [0.25, 0.3) is 0 Å². The van der Waals surface area contributed by atoms with Gasteiger partial charge in [-0.15, -0.1) is 11.3 Å². The van der Waals surface area contributed by atoms with E-state index >= 15 is 0 Å². The quantitative estimate of drug-likeness (QED) is 0.568. The Bertz CT molecular complexity index is 608. The molecule has 1 aromatic heterocycles. The molecule has 1 atom stereocenters. The van der Waals surface area contributed by atoms with E-state index in [0.29, 0.717) is 0 Å². The van der Waals surface area contributed by atoms with Crippen LogP contribution in [0, 0.1) is 13.8 Å². The van der Waals surface area contributed by atoms with Gasteiger partial charge in [-0.25, -0.2) is 5.43 Å². The van der Waals surface area contributed by atoms with E-state index in [4.69, 9.17) is 10.6 Å². The van der Waals surface area contributed by atoms with E-state index in [1.165, 1.54) is 0 Å². The summed E-state index contributed by atoms with van der Waals surface area (Å²) in [5, 5.41) is 0. The first-order valence-corrected chi connectivity index (χ1v) is 8.44. The van der Waals surface area contributed by atoms with Gasteiger partial charge in [0.05, 0.1) is 16.9 Å². The molecule has 1 heterocycles. The fourth-order valence-electron chi connectivity index (χ4n) is 2.17. The van der Waals surface area contributed by atoms with Gasteiger partial charge in [-0.05, 0) is 74.5 Å². The summed E-state index contributed by atoms with van der Waals surface area (Å²) in [5.74, 6) is 6.68. The maximum Gasteiger partial charge on any atom is 0.122 e. The number of nitrogens with two attached hydrogens (primary N) is 1. The molecule has 2 rings (SSSR count). The molecular weight excluding hydrogens is 404 g/mol. The Morgan fingerprint density at radius 3 is 2.40 bits per heavy atom. The third-order valence-electron chi connectivity index (χ3n) is 3.21. The molecule has 0 spiro atoms. The lowest BCUT2D eigenvalue weighted by atomic mass is 9.97. The predicted molar refractivity (Wildman–Crippen MR) is 91.4 cm³/mol. The molecule has 0 aliphatic heterocycles. The Morgan fingerprint density at radius 2 is 1.90 bits per heavy atom. The second-order valence-electron chi connectivity index (χ2n) is 4.55. The molecule has 1 aromatic carbocycles. The van der Waals surface area contributed by atoms with Crippen LogP contribution >= 0.6 is 43.2 Å². The van der Waals surface area contributed by atoms with Gasteiger partial charge in [-0.3, -0.25) is 5.84 Å². The summed E-state index contributed by atoms with van der Waals surface area (Å²) in [6.45, 7) is 4.11. The highest BCUT2D eigenvalue weighted by atomic mass is 79.9. The maximum absolute atomic E-state index is 5.78. The number of hydrazine groups is 1. The van der Waals surface area contributed by atoms with Gasteiger partial charge in [0, 0.05) is 9.35 Å². The zero-order valence-corrected chi connectivity index (χ0v) is 15.4. The first kappa shape index (κ1) is 16.0. The summed E-state index contributed by atoms with van der Waals surface area (Å²) in [6, 6.07) is 6.22. The minimum Gasteiger partial charge on any atom is -0.496 e. The van der Waals surface area contributed by atoms with Crippen molar-refractivity contribution in [2.45, 2.75) is 19.9 Å². The average molecular weight is 420 g/mol. The highest BCUT2D eigenvalue weighted by Gasteiger charge is 2.19. The van der Waals surface area contributed by atoms with Crippen LogP contribution in [0.1, 0.15) is 27.6 Å². The van der Waals surface area contributed by atoms with Crippen molar-refractivity contribution in [1.82, 2.24) is 5.43 Å². The number of halogens is 2. The molecular formula is C14H16Br2N2OS. The molecule has 0 saturated carbocycles. The largest absolute Gasteiger partial charge is 0.496 e. The molecule has 2 aromatic rings. The SMILES string of the molecule is COc1cc(C)c(C(NN)c2cc(Br)c(Br)s2)cc1C. The van der Waals surface area contributed by atoms with Crippen molar-refractivity contribution >= 4 is 43.2 Å². The number of ether oxygens (including phenoxy) is 1.